The van der Waals surface area contributed by atoms with Crippen LogP contribution < -0.4 is 5.73 Å². The molecule has 0 saturated carbocycles. The summed E-state index contributed by atoms with van der Waals surface area (Å²) in [4.78, 5) is 39.9. The zero-order chi connectivity index (χ0) is 19.6. The topological polar surface area (TPSA) is 124 Å². The van der Waals surface area contributed by atoms with Crippen LogP contribution in [0.3, 0.4) is 0 Å². The van der Waals surface area contributed by atoms with E-state index in [0.717, 1.165) is 11.5 Å². The molecule has 0 aliphatic rings. The maximum atomic E-state index is 12.7. The third-order valence-corrected chi connectivity index (χ3v) is 4.68. The van der Waals surface area contributed by atoms with Crippen molar-refractivity contribution in [3.05, 3.63) is 33.8 Å². The molecule has 0 aliphatic heterocycles. The Hall–Kier alpha value is -2.68. The minimum atomic E-state index is -1.06. The van der Waals surface area contributed by atoms with Crippen molar-refractivity contribution in [2.24, 2.45) is 0 Å². The molecule has 26 heavy (non-hydrogen) atoms. The Morgan fingerprint density at radius 3 is 2.38 bits per heavy atom. The number of rotatable bonds is 6. The Kier molecular flexibility index (Phi) is 5.81. The number of hydrogen-bond acceptors (Lipinski definition) is 8. The first-order valence-corrected chi connectivity index (χ1v) is 8.79. The molecule has 0 spiro atoms. The van der Waals surface area contributed by atoms with Crippen molar-refractivity contribution < 1.29 is 23.9 Å². The average molecular weight is 379 g/mol. The molecule has 140 valence electrons. The molecule has 0 aliphatic carbocycles. The molecule has 0 fully saturated rings. The van der Waals surface area contributed by atoms with Crippen molar-refractivity contribution in [1.82, 2.24) is 9.36 Å². The molecule has 0 aromatic carbocycles. The first-order chi connectivity index (χ1) is 12.2. The molecule has 2 aromatic heterocycles. The van der Waals surface area contributed by atoms with E-state index in [1.165, 1.54) is 6.92 Å². The van der Waals surface area contributed by atoms with Crippen molar-refractivity contribution in [2.75, 3.05) is 12.3 Å². The second-order valence-corrected chi connectivity index (χ2v) is 6.57. The second kappa shape index (κ2) is 7.69. The molecule has 2 rings (SSSR count). The summed E-state index contributed by atoms with van der Waals surface area (Å²) in [5.74, 6) is -1.66. The van der Waals surface area contributed by atoms with Gasteiger partial charge in [-0.3, -0.25) is 4.79 Å². The highest BCUT2D eigenvalue weighted by Crippen LogP contribution is 2.24. The van der Waals surface area contributed by atoms with Crippen LogP contribution in [0, 0.1) is 20.8 Å². The molecule has 8 nitrogen and oxygen atoms in total. The van der Waals surface area contributed by atoms with Gasteiger partial charge in [0.1, 0.15) is 10.6 Å². The number of carbonyl (C=O) groups is 3. The Bertz CT molecular complexity index is 849. The third-order valence-electron chi connectivity index (χ3n) is 3.91. The third kappa shape index (κ3) is 3.62. The van der Waals surface area contributed by atoms with Crippen LogP contribution in [0.15, 0.2) is 0 Å². The largest absolute Gasteiger partial charge is 0.462 e. The molecule has 0 radical (unpaired) electrons. The lowest BCUT2D eigenvalue weighted by atomic mass is 10.1. The molecule has 0 bridgehead atoms. The van der Waals surface area contributed by atoms with Gasteiger partial charge in [0, 0.05) is 5.69 Å². The van der Waals surface area contributed by atoms with Gasteiger partial charge in [-0.05, 0) is 51.7 Å². The van der Waals surface area contributed by atoms with Crippen molar-refractivity contribution in [3.63, 3.8) is 0 Å². The number of nitrogens with two attached hydrogens (primary N) is 1. The smallest absolute Gasteiger partial charge is 0.343 e. The van der Waals surface area contributed by atoms with Gasteiger partial charge in [0.2, 0.25) is 5.78 Å². The lowest BCUT2D eigenvalue weighted by molar-refractivity contribution is 0.0317. The van der Waals surface area contributed by atoms with Crippen LogP contribution in [0.25, 0.3) is 0 Å². The van der Waals surface area contributed by atoms with E-state index in [2.05, 4.69) is 9.36 Å². The monoisotopic (exact) mass is 379 g/mol. The Morgan fingerprint density at radius 2 is 1.85 bits per heavy atom. The number of nitrogens with zero attached hydrogens (tertiary/aromatic N) is 1. The number of anilines is 1. The summed E-state index contributed by atoms with van der Waals surface area (Å²) < 4.78 is 14.2. The summed E-state index contributed by atoms with van der Waals surface area (Å²) in [6, 6.07) is 0. The van der Waals surface area contributed by atoms with Crippen LogP contribution in [0.4, 0.5) is 5.00 Å². The molecule has 1 atom stereocenters. The van der Waals surface area contributed by atoms with Crippen molar-refractivity contribution in [3.8, 4) is 0 Å². The van der Waals surface area contributed by atoms with Crippen molar-refractivity contribution in [1.29, 1.82) is 0 Å². The van der Waals surface area contributed by atoms with Gasteiger partial charge in [-0.2, -0.15) is 4.37 Å². The number of H-pyrrole nitrogens is 1. The number of esters is 2. The van der Waals surface area contributed by atoms with Gasteiger partial charge in [0.25, 0.3) is 0 Å². The first-order valence-electron chi connectivity index (χ1n) is 8.02. The molecule has 0 amide bonds. The zero-order valence-electron chi connectivity index (χ0n) is 15.3. The van der Waals surface area contributed by atoms with E-state index < -0.39 is 23.8 Å². The number of nitrogens with one attached hydrogen (secondary N) is 1. The predicted molar refractivity (Wildman–Crippen MR) is 96.7 cm³/mol. The van der Waals surface area contributed by atoms with Gasteiger partial charge in [0.15, 0.2) is 6.10 Å². The molecular formula is C17H21N3O5S. The normalized spacial score (nSPS) is 11.9. The van der Waals surface area contributed by atoms with Gasteiger partial charge in [0.05, 0.1) is 23.6 Å². The van der Waals surface area contributed by atoms with E-state index in [9.17, 15) is 14.4 Å². The van der Waals surface area contributed by atoms with Crippen molar-refractivity contribution >= 4 is 34.3 Å². The van der Waals surface area contributed by atoms with Crippen LogP contribution in [-0.4, -0.2) is 39.8 Å². The van der Waals surface area contributed by atoms with E-state index in [-0.39, 0.29) is 22.9 Å². The van der Waals surface area contributed by atoms with Gasteiger partial charge in [-0.15, -0.1) is 0 Å². The Morgan fingerprint density at radius 1 is 1.19 bits per heavy atom. The summed E-state index contributed by atoms with van der Waals surface area (Å²) in [7, 11) is 0. The molecule has 9 heteroatoms. The van der Waals surface area contributed by atoms with E-state index >= 15 is 0 Å². The van der Waals surface area contributed by atoms with Crippen LogP contribution >= 0.6 is 11.5 Å². The van der Waals surface area contributed by atoms with Crippen molar-refractivity contribution in [2.45, 2.75) is 40.7 Å². The van der Waals surface area contributed by atoms with E-state index in [0.29, 0.717) is 22.5 Å². The number of ether oxygens (including phenoxy) is 2. The van der Waals surface area contributed by atoms with Crippen LogP contribution in [-0.2, 0) is 9.47 Å². The highest BCUT2D eigenvalue weighted by molar-refractivity contribution is 7.10. The summed E-state index contributed by atoms with van der Waals surface area (Å²) in [5, 5.41) is 0.239. The predicted octanol–water partition coefficient (Wildman–Crippen LogP) is 2.58. The minimum Gasteiger partial charge on any atom is -0.462 e. The van der Waals surface area contributed by atoms with Gasteiger partial charge >= 0.3 is 11.9 Å². The molecule has 3 N–H and O–H groups in total. The summed E-state index contributed by atoms with van der Waals surface area (Å²) >= 11 is 0.991. The molecule has 2 aromatic rings. The Balaban J connectivity index is 2.22. The number of ketones is 1. The number of aryl methyl sites for hydroxylation is 2. The van der Waals surface area contributed by atoms with Gasteiger partial charge < -0.3 is 20.2 Å². The highest BCUT2D eigenvalue weighted by atomic mass is 32.1. The minimum absolute atomic E-state index is 0.168. The maximum Gasteiger partial charge on any atom is 0.343 e. The lowest BCUT2D eigenvalue weighted by Crippen LogP contribution is -2.26. The SMILES string of the molecule is CCOC(=O)c1c(C)[nH]c(C(=O)[C@H](C)OC(=O)c2c(C)nsc2N)c1C. The second-order valence-electron chi connectivity index (χ2n) is 5.76. The fourth-order valence-electron chi connectivity index (χ4n) is 2.62. The molecular weight excluding hydrogens is 358 g/mol. The lowest BCUT2D eigenvalue weighted by Gasteiger charge is -2.12. The van der Waals surface area contributed by atoms with E-state index in [1.807, 2.05) is 0 Å². The number of aromatic amines is 1. The zero-order valence-corrected chi connectivity index (χ0v) is 16.1. The summed E-state index contributed by atoms with van der Waals surface area (Å²) in [6.45, 7) is 8.35. The van der Waals surface area contributed by atoms with E-state index in [1.54, 1.807) is 27.7 Å². The van der Waals surface area contributed by atoms with Gasteiger partial charge in [-0.1, -0.05) is 0 Å². The number of nitrogen functional groups attached to an aromatic ring is 1. The summed E-state index contributed by atoms with van der Waals surface area (Å²) in [6.07, 6.45) is -1.06. The van der Waals surface area contributed by atoms with Crippen LogP contribution in [0.2, 0.25) is 0 Å². The first kappa shape index (κ1) is 19.6. The molecule has 2 heterocycles. The standard InChI is InChI=1S/C17H21N3O5S/c1-6-24-16(22)11-7(2)13(19-8(11)3)14(21)10(5)25-17(23)12-9(4)20-26-15(12)18/h10,19H,6,18H2,1-5H3/t10-/m0/s1. The Labute approximate surface area is 154 Å². The van der Waals surface area contributed by atoms with Crippen LogP contribution in [0.5, 0.6) is 0 Å². The fraction of sp³-hybridized carbons (Fsp3) is 0.412. The van der Waals surface area contributed by atoms with Crippen LogP contribution in [0.1, 0.15) is 62.0 Å². The number of aromatic nitrogens is 2. The number of Topliss-reactive ketones (excluding diaryl/α,β-unsaturated/α-hetero) is 1. The molecule has 0 saturated heterocycles. The van der Waals surface area contributed by atoms with Gasteiger partial charge in [-0.25, -0.2) is 9.59 Å². The number of carbonyl (C=O) groups excluding carboxylic acids is 3. The maximum absolute atomic E-state index is 12.7. The average Bonchev–Trinajstić information content (AvgIpc) is 3.05. The number of hydrogen-bond donors (Lipinski definition) is 2. The quantitative estimate of drug-likeness (QED) is 0.584. The fourth-order valence-corrected chi connectivity index (χ4v) is 3.27. The molecule has 0 unspecified atom stereocenters. The summed E-state index contributed by atoms with van der Waals surface area (Å²) in [5.41, 5.74) is 7.85. The van der Waals surface area contributed by atoms with E-state index in [4.69, 9.17) is 15.2 Å². The highest BCUT2D eigenvalue weighted by Gasteiger charge is 2.29.